The van der Waals surface area contributed by atoms with Crippen molar-refractivity contribution in [3.05, 3.63) is 64.8 Å². The number of rotatable bonds is 5. The lowest BCUT2D eigenvalue weighted by atomic mass is 10.0. The number of benzene rings is 2. The zero-order valence-electron chi connectivity index (χ0n) is 18.1. The summed E-state index contributed by atoms with van der Waals surface area (Å²) in [5.41, 5.74) is 3.20. The molecule has 6 heteroatoms. The number of carbonyl (C=O) groups excluding carboxylic acids is 1. The number of nitrogens with zero attached hydrogens (tertiary/aromatic N) is 2. The molecule has 1 N–H and O–H groups in total. The molecule has 0 radical (unpaired) electrons. The highest BCUT2D eigenvalue weighted by molar-refractivity contribution is 5.94. The molecule has 1 fully saturated rings. The molecule has 0 aliphatic carbocycles. The molecule has 1 aromatic heterocycles. The molecule has 2 heterocycles. The van der Waals surface area contributed by atoms with Crippen molar-refractivity contribution in [2.75, 3.05) is 13.7 Å². The van der Waals surface area contributed by atoms with Crippen LogP contribution < -0.4 is 14.8 Å². The minimum atomic E-state index is 0.0869. The molecular formula is C26H23N3O3. The lowest BCUT2D eigenvalue weighted by molar-refractivity contribution is -0.119. The largest absolute Gasteiger partial charge is 0.495 e. The highest BCUT2D eigenvalue weighted by atomic mass is 16.5. The fraction of sp³-hybridized carbons (Fsp3) is 0.269. The summed E-state index contributed by atoms with van der Waals surface area (Å²) < 4.78 is 11.4. The normalized spacial score (nSPS) is 14.9. The van der Waals surface area contributed by atoms with Gasteiger partial charge in [-0.25, -0.2) is 4.98 Å². The molecular weight excluding hydrogens is 402 g/mol. The van der Waals surface area contributed by atoms with Crippen molar-refractivity contribution >= 4 is 16.7 Å². The van der Waals surface area contributed by atoms with Gasteiger partial charge in [-0.1, -0.05) is 29.5 Å². The van der Waals surface area contributed by atoms with Crippen molar-refractivity contribution in [1.82, 2.24) is 10.3 Å². The lowest BCUT2D eigenvalue weighted by Crippen LogP contribution is -2.26. The zero-order valence-corrected chi connectivity index (χ0v) is 18.1. The smallest absolute Gasteiger partial charge is 0.221 e. The minimum Gasteiger partial charge on any atom is -0.495 e. The first-order valence-corrected chi connectivity index (χ1v) is 10.5. The first-order valence-electron chi connectivity index (χ1n) is 10.5. The van der Waals surface area contributed by atoms with Gasteiger partial charge in [-0.05, 0) is 37.6 Å². The molecule has 1 atom stereocenters. The summed E-state index contributed by atoms with van der Waals surface area (Å²) in [6.45, 7) is 2.45. The van der Waals surface area contributed by atoms with E-state index in [2.05, 4.69) is 28.2 Å². The van der Waals surface area contributed by atoms with Crippen LogP contribution in [-0.4, -0.2) is 30.6 Å². The monoisotopic (exact) mass is 425 g/mol. The van der Waals surface area contributed by atoms with Gasteiger partial charge in [-0.2, -0.15) is 5.26 Å². The van der Waals surface area contributed by atoms with E-state index in [0.29, 0.717) is 42.2 Å². The third kappa shape index (κ3) is 4.66. The molecule has 4 rings (SSSR count). The number of hydrogen-bond acceptors (Lipinski definition) is 5. The molecule has 0 spiro atoms. The van der Waals surface area contributed by atoms with E-state index in [9.17, 15) is 10.1 Å². The predicted molar refractivity (Wildman–Crippen MR) is 121 cm³/mol. The van der Waals surface area contributed by atoms with Crippen LogP contribution in [0.25, 0.3) is 10.8 Å². The van der Waals surface area contributed by atoms with Crippen molar-refractivity contribution in [2.24, 2.45) is 0 Å². The van der Waals surface area contributed by atoms with Gasteiger partial charge in [0.25, 0.3) is 0 Å². The Labute approximate surface area is 187 Å². The number of hydrogen-bond donors (Lipinski definition) is 1. The van der Waals surface area contributed by atoms with Gasteiger partial charge in [0.2, 0.25) is 11.8 Å². The number of aromatic nitrogens is 1. The molecule has 3 aromatic rings. The number of carbonyl (C=O) groups is 1. The molecule has 1 saturated heterocycles. The van der Waals surface area contributed by atoms with Crippen LogP contribution in [0.4, 0.5) is 0 Å². The van der Waals surface area contributed by atoms with E-state index in [-0.39, 0.29) is 11.9 Å². The van der Waals surface area contributed by atoms with Crippen molar-refractivity contribution in [3.8, 4) is 29.5 Å². The SMILES string of the molecule is COc1cc2c(OCC[C@@H]3CCC(=O)N3)ncc(C#Cc3ccc(C)cc3)c2cc1C#N. The maximum Gasteiger partial charge on any atom is 0.221 e. The Morgan fingerprint density at radius 3 is 2.66 bits per heavy atom. The second-order valence-electron chi connectivity index (χ2n) is 7.74. The van der Waals surface area contributed by atoms with Gasteiger partial charge in [-0.15, -0.1) is 0 Å². The second-order valence-corrected chi connectivity index (χ2v) is 7.74. The van der Waals surface area contributed by atoms with Crippen LogP contribution in [-0.2, 0) is 4.79 Å². The number of ether oxygens (including phenoxy) is 2. The van der Waals surface area contributed by atoms with E-state index in [1.807, 2.05) is 31.2 Å². The molecule has 6 nitrogen and oxygen atoms in total. The van der Waals surface area contributed by atoms with Crippen molar-refractivity contribution in [2.45, 2.75) is 32.2 Å². The fourth-order valence-electron chi connectivity index (χ4n) is 3.68. The molecule has 1 aliphatic rings. The Bertz CT molecular complexity index is 1260. The zero-order chi connectivity index (χ0) is 22.5. The number of nitriles is 1. The number of nitrogens with one attached hydrogen (secondary N) is 1. The van der Waals surface area contributed by atoms with E-state index in [1.54, 1.807) is 18.3 Å². The number of aryl methyl sites for hydroxylation is 1. The third-order valence-electron chi connectivity index (χ3n) is 5.47. The molecule has 1 amide bonds. The summed E-state index contributed by atoms with van der Waals surface area (Å²) in [6, 6.07) is 13.8. The molecule has 0 saturated carbocycles. The van der Waals surface area contributed by atoms with Gasteiger partial charge in [0.15, 0.2) is 0 Å². The maximum absolute atomic E-state index is 11.4. The summed E-state index contributed by atoms with van der Waals surface area (Å²) in [5, 5.41) is 14.0. The number of amides is 1. The van der Waals surface area contributed by atoms with E-state index in [0.717, 1.165) is 22.8 Å². The van der Waals surface area contributed by atoms with Gasteiger partial charge < -0.3 is 14.8 Å². The standard InChI is InChI=1S/C26H23N3O3/c1-17-3-5-18(6-4-17)7-8-19-16-28-26(32-12-11-21-9-10-25(30)29-21)23-14-24(31-2)20(15-27)13-22(19)23/h3-6,13-14,16,21H,9-12H2,1-2H3,(H,29,30)/t21-/m0/s1. The summed E-state index contributed by atoms with van der Waals surface area (Å²) in [6.07, 6.45) is 3.76. The Kier molecular flexibility index (Phi) is 6.24. The summed E-state index contributed by atoms with van der Waals surface area (Å²) in [4.78, 5) is 15.9. The van der Waals surface area contributed by atoms with Crippen LogP contribution in [0.15, 0.2) is 42.6 Å². The van der Waals surface area contributed by atoms with Gasteiger partial charge in [0.1, 0.15) is 11.8 Å². The van der Waals surface area contributed by atoms with Gasteiger partial charge in [0, 0.05) is 41.4 Å². The molecule has 1 aliphatic heterocycles. The predicted octanol–water partition coefficient (Wildman–Crippen LogP) is 3.87. The van der Waals surface area contributed by atoms with Crippen molar-refractivity contribution in [1.29, 1.82) is 5.26 Å². The minimum absolute atomic E-state index is 0.0869. The first kappa shape index (κ1) is 21.2. The number of pyridine rings is 1. The topological polar surface area (TPSA) is 84.2 Å². The quantitative estimate of drug-likeness (QED) is 0.628. The maximum atomic E-state index is 11.4. The highest BCUT2D eigenvalue weighted by Gasteiger charge is 2.21. The van der Waals surface area contributed by atoms with E-state index in [1.165, 1.54) is 12.7 Å². The Hall–Kier alpha value is -4.03. The number of fused-ring (bicyclic) bond motifs is 1. The van der Waals surface area contributed by atoms with Gasteiger partial charge in [-0.3, -0.25) is 4.79 Å². The summed E-state index contributed by atoms with van der Waals surface area (Å²) in [5.74, 6) is 7.34. The summed E-state index contributed by atoms with van der Waals surface area (Å²) >= 11 is 0. The molecule has 160 valence electrons. The Morgan fingerprint density at radius 2 is 1.97 bits per heavy atom. The lowest BCUT2D eigenvalue weighted by Gasteiger charge is -2.13. The van der Waals surface area contributed by atoms with Crippen LogP contribution in [0.3, 0.4) is 0 Å². The molecule has 0 unspecified atom stereocenters. The van der Waals surface area contributed by atoms with Gasteiger partial charge in [0.05, 0.1) is 24.8 Å². The van der Waals surface area contributed by atoms with Gasteiger partial charge >= 0.3 is 0 Å². The van der Waals surface area contributed by atoms with Crippen LogP contribution in [0.2, 0.25) is 0 Å². The second kappa shape index (κ2) is 9.41. The van der Waals surface area contributed by atoms with E-state index < -0.39 is 0 Å². The van der Waals surface area contributed by atoms with E-state index in [4.69, 9.17) is 9.47 Å². The molecule has 2 aromatic carbocycles. The van der Waals surface area contributed by atoms with Crippen molar-refractivity contribution < 1.29 is 14.3 Å². The Balaban J connectivity index is 1.67. The molecule has 32 heavy (non-hydrogen) atoms. The average molecular weight is 425 g/mol. The van der Waals surface area contributed by atoms with E-state index >= 15 is 0 Å². The van der Waals surface area contributed by atoms with Crippen molar-refractivity contribution in [3.63, 3.8) is 0 Å². The highest BCUT2D eigenvalue weighted by Crippen LogP contribution is 2.32. The third-order valence-corrected chi connectivity index (χ3v) is 5.47. The van der Waals surface area contributed by atoms with Crippen LogP contribution in [0.1, 0.15) is 41.5 Å². The summed E-state index contributed by atoms with van der Waals surface area (Å²) in [7, 11) is 1.53. The Morgan fingerprint density at radius 1 is 1.16 bits per heavy atom. The van der Waals surface area contributed by atoms with Crippen LogP contribution >= 0.6 is 0 Å². The van der Waals surface area contributed by atoms with Crippen LogP contribution in [0, 0.1) is 30.1 Å². The molecule has 0 bridgehead atoms. The van der Waals surface area contributed by atoms with Crippen LogP contribution in [0.5, 0.6) is 11.6 Å². The average Bonchev–Trinajstić information content (AvgIpc) is 3.23. The first-order chi connectivity index (χ1) is 15.6. The number of methoxy groups -OCH3 is 1. The fourth-order valence-corrected chi connectivity index (χ4v) is 3.68.